The largest absolute Gasteiger partial charge is 0.497 e. The number of anilines is 1. The topological polar surface area (TPSA) is 96.0 Å². The highest BCUT2D eigenvalue weighted by atomic mass is 35.5. The Hall–Kier alpha value is -3.56. The van der Waals surface area contributed by atoms with Crippen LogP contribution in [0.5, 0.6) is 5.75 Å². The van der Waals surface area contributed by atoms with Crippen molar-refractivity contribution in [1.29, 1.82) is 0 Å². The molecular weight excluding hydrogens is 538 g/mol. The van der Waals surface area contributed by atoms with Gasteiger partial charge in [0, 0.05) is 18.6 Å². The maximum atomic E-state index is 14.0. The molecule has 0 aliphatic carbocycles. The summed E-state index contributed by atoms with van der Waals surface area (Å²) in [6.07, 6.45) is 0.336. The summed E-state index contributed by atoms with van der Waals surface area (Å²) in [6, 6.07) is 17.4. The normalized spacial score (nSPS) is 11.9. The lowest BCUT2D eigenvalue weighted by atomic mass is 10.1. The molecule has 3 aromatic rings. The minimum absolute atomic E-state index is 0.00406. The lowest BCUT2D eigenvalue weighted by Gasteiger charge is -2.33. The highest BCUT2D eigenvalue weighted by Gasteiger charge is 2.33. The molecule has 0 saturated heterocycles. The summed E-state index contributed by atoms with van der Waals surface area (Å²) in [6.45, 7) is 5.18. The van der Waals surface area contributed by atoms with Gasteiger partial charge in [-0.2, -0.15) is 0 Å². The lowest BCUT2D eigenvalue weighted by Crippen LogP contribution is -2.51. The standard InChI is InChI=1S/C29H34ClN3O5S/c1-6-27(29(35)31-4)32(18-22-8-7-9-25(17-22)38-5)28(34)19-33(24-13-10-20(2)21(3)16-24)39(36,37)26-14-11-23(30)12-15-26/h7-17,27H,6,18-19H2,1-5H3,(H,31,35)/t27-/m1/s1. The van der Waals surface area contributed by atoms with Crippen molar-refractivity contribution in [2.24, 2.45) is 0 Å². The van der Waals surface area contributed by atoms with Crippen molar-refractivity contribution >= 4 is 39.1 Å². The molecule has 0 aliphatic rings. The smallest absolute Gasteiger partial charge is 0.264 e. The van der Waals surface area contributed by atoms with E-state index in [2.05, 4.69) is 5.32 Å². The third kappa shape index (κ3) is 7.10. The van der Waals surface area contributed by atoms with Crippen LogP contribution in [0.25, 0.3) is 0 Å². The van der Waals surface area contributed by atoms with Crippen LogP contribution in [-0.2, 0) is 26.2 Å². The van der Waals surface area contributed by atoms with Gasteiger partial charge in [-0.1, -0.05) is 36.7 Å². The van der Waals surface area contributed by atoms with Crippen LogP contribution < -0.4 is 14.4 Å². The van der Waals surface area contributed by atoms with Gasteiger partial charge in [-0.3, -0.25) is 13.9 Å². The molecule has 2 amide bonds. The minimum Gasteiger partial charge on any atom is -0.497 e. The third-order valence-electron chi connectivity index (χ3n) is 6.58. The Morgan fingerprint density at radius 2 is 1.69 bits per heavy atom. The number of nitrogens with one attached hydrogen (secondary N) is 1. The zero-order valence-electron chi connectivity index (χ0n) is 22.8. The van der Waals surface area contributed by atoms with Crippen molar-refractivity contribution in [2.75, 3.05) is 25.0 Å². The second-order valence-electron chi connectivity index (χ2n) is 9.15. The van der Waals surface area contributed by atoms with Crippen LogP contribution in [0, 0.1) is 13.8 Å². The van der Waals surface area contributed by atoms with Gasteiger partial charge in [-0.15, -0.1) is 0 Å². The molecule has 3 rings (SSSR count). The maximum Gasteiger partial charge on any atom is 0.264 e. The van der Waals surface area contributed by atoms with Crippen molar-refractivity contribution in [2.45, 2.75) is 44.7 Å². The van der Waals surface area contributed by atoms with Crippen LogP contribution in [0.1, 0.15) is 30.0 Å². The predicted octanol–water partition coefficient (Wildman–Crippen LogP) is 4.71. The predicted molar refractivity (Wildman–Crippen MR) is 154 cm³/mol. The number of rotatable bonds is 11. The van der Waals surface area contributed by atoms with E-state index in [4.69, 9.17) is 16.3 Å². The summed E-state index contributed by atoms with van der Waals surface area (Å²) in [7, 11) is -1.11. The molecule has 0 spiro atoms. The van der Waals surface area contributed by atoms with Gasteiger partial charge in [0.15, 0.2) is 0 Å². The van der Waals surface area contributed by atoms with Crippen LogP contribution >= 0.6 is 11.6 Å². The number of nitrogens with zero attached hydrogens (tertiary/aromatic N) is 2. The average molecular weight is 572 g/mol. The van der Waals surface area contributed by atoms with Gasteiger partial charge in [0.1, 0.15) is 18.3 Å². The molecule has 0 aromatic heterocycles. The Bertz CT molecular complexity index is 1430. The highest BCUT2D eigenvalue weighted by Crippen LogP contribution is 2.27. The van der Waals surface area contributed by atoms with Gasteiger partial charge in [0.25, 0.3) is 10.0 Å². The summed E-state index contributed by atoms with van der Waals surface area (Å²) in [5.74, 6) is -0.258. The first-order valence-electron chi connectivity index (χ1n) is 12.5. The average Bonchev–Trinajstić information content (AvgIpc) is 2.93. The molecular formula is C29H34ClN3O5S. The van der Waals surface area contributed by atoms with Crippen molar-refractivity contribution in [3.8, 4) is 5.75 Å². The van der Waals surface area contributed by atoms with E-state index in [1.54, 1.807) is 44.4 Å². The molecule has 8 nitrogen and oxygen atoms in total. The fourth-order valence-electron chi connectivity index (χ4n) is 4.20. The second-order valence-corrected chi connectivity index (χ2v) is 11.4. The van der Waals surface area contributed by atoms with Crippen LogP contribution in [0.15, 0.2) is 71.6 Å². The van der Waals surface area contributed by atoms with Gasteiger partial charge in [-0.25, -0.2) is 8.42 Å². The number of likely N-dealkylation sites (N-methyl/N-ethyl adjacent to an activating group) is 1. The number of halogens is 1. The van der Waals surface area contributed by atoms with E-state index in [9.17, 15) is 18.0 Å². The van der Waals surface area contributed by atoms with Crippen molar-refractivity contribution in [3.05, 3.63) is 88.4 Å². The molecule has 0 aliphatic heterocycles. The van der Waals surface area contributed by atoms with Gasteiger partial charge in [0.2, 0.25) is 11.8 Å². The number of hydrogen-bond acceptors (Lipinski definition) is 5. The lowest BCUT2D eigenvalue weighted by molar-refractivity contribution is -0.140. The first kappa shape index (κ1) is 30.0. The van der Waals surface area contributed by atoms with Crippen LogP contribution in [0.2, 0.25) is 5.02 Å². The van der Waals surface area contributed by atoms with E-state index in [1.165, 1.54) is 36.2 Å². The number of aryl methyl sites for hydroxylation is 2. The molecule has 0 heterocycles. The van der Waals surface area contributed by atoms with E-state index in [0.717, 1.165) is 21.0 Å². The summed E-state index contributed by atoms with van der Waals surface area (Å²) >= 11 is 6.00. The van der Waals surface area contributed by atoms with Crippen LogP contribution in [-0.4, -0.2) is 51.9 Å². The Labute approximate surface area is 235 Å². The van der Waals surface area contributed by atoms with Gasteiger partial charge >= 0.3 is 0 Å². The first-order valence-corrected chi connectivity index (χ1v) is 14.3. The van der Waals surface area contributed by atoms with Crippen molar-refractivity contribution in [3.63, 3.8) is 0 Å². The number of carbonyl (C=O) groups is 2. The molecule has 0 unspecified atom stereocenters. The molecule has 10 heteroatoms. The number of amides is 2. The van der Waals surface area contributed by atoms with Crippen LogP contribution in [0.4, 0.5) is 5.69 Å². The first-order chi connectivity index (χ1) is 18.5. The van der Waals surface area contributed by atoms with E-state index in [0.29, 0.717) is 22.9 Å². The van der Waals surface area contributed by atoms with E-state index in [1.807, 2.05) is 26.0 Å². The van der Waals surface area contributed by atoms with Gasteiger partial charge in [0.05, 0.1) is 17.7 Å². The summed E-state index contributed by atoms with van der Waals surface area (Å²) in [5, 5.41) is 3.01. The maximum absolute atomic E-state index is 14.0. The van der Waals surface area contributed by atoms with E-state index >= 15 is 0 Å². The van der Waals surface area contributed by atoms with Crippen molar-refractivity contribution < 1.29 is 22.7 Å². The Kier molecular flexibility index (Phi) is 9.99. The SMILES string of the molecule is CC[C@H](C(=O)NC)N(Cc1cccc(OC)c1)C(=O)CN(c1ccc(C)c(C)c1)S(=O)(=O)c1ccc(Cl)cc1. The van der Waals surface area contributed by atoms with E-state index in [-0.39, 0.29) is 17.3 Å². The number of sulfonamides is 1. The molecule has 1 atom stereocenters. The molecule has 208 valence electrons. The molecule has 1 N–H and O–H groups in total. The summed E-state index contributed by atoms with van der Waals surface area (Å²) in [4.78, 5) is 28.2. The minimum atomic E-state index is -4.16. The number of carbonyl (C=O) groups excluding carboxylic acids is 2. The van der Waals surface area contributed by atoms with Crippen LogP contribution in [0.3, 0.4) is 0 Å². The third-order valence-corrected chi connectivity index (χ3v) is 8.62. The fraction of sp³-hybridized carbons (Fsp3) is 0.310. The second kappa shape index (κ2) is 13.0. The van der Waals surface area contributed by atoms with Gasteiger partial charge in [-0.05, 0) is 85.5 Å². The fourth-order valence-corrected chi connectivity index (χ4v) is 5.73. The molecule has 39 heavy (non-hydrogen) atoms. The number of hydrogen-bond donors (Lipinski definition) is 1. The monoisotopic (exact) mass is 571 g/mol. The zero-order chi connectivity index (χ0) is 28.7. The Morgan fingerprint density at radius 3 is 2.28 bits per heavy atom. The van der Waals surface area contributed by atoms with Crippen molar-refractivity contribution in [1.82, 2.24) is 10.2 Å². The molecule has 0 bridgehead atoms. The highest BCUT2D eigenvalue weighted by molar-refractivity contribution is 7.92. The number of benzene rings is 3. The number of methoxy groups -OCH3 is 1. The zero-order valence-corrected chi connectivity index (χ0v) is 24.3. The Morgan fingerprint density at radius 1 is 1.00 bits per heavy atom. The quantitative estimate of drug-likeness (QED) is 0.359. The molecule has 0 fully saturated rings. The number of ether oxygens (including phenoxy) is 1. The summed E-state index contributed by atoms with van der Waals surface area (Å²) < 4.78 is 34.2. The molecule has 3 aromatic carbocycles. The van der Waals surface area contributed by atoms with E-state index < -0.39 is 28.5 Å². The van der Waals surface area contributed by atoms with Gasteiger partial charge < -0.3 is 15.0 Å². The molecule has 0 saturated carbocycles. The Balaban J connectivity index is 2.09. The molecule has 0 radical (unpaired) electrons. The summed E-state index contributed by atoms with van der Waals surface area (Å²) in [5.41, 5.74) is 2.94.